The van der Waals surface area contributed by atoms with Gasteiger partial charge in [0.15, 0.2) is 0 Å². The summed E-state index contributed by atoms with van der Waals surface area (Å²) in [5.74, 6) is -1.79. The van der Waals surface area contributed by atoms with Crippen molar-refractivity contribution in [1.82, 2.24) is 9.88 Å². The average Bonchev–Trinajstić information content (AvgIpc) is 3.53. The van der Waals surface area contributed by atoms with Crippen molar-refractivity contribution in [3.05, 3.63) is 65.5 Å². The molecule has 11 nitrogen and oxygen atoms in total. The number of para-hydroxylation sites is 1. The van der Waals surface area contributed by atoms with Crippen LogP contribution >= 0.6 is 0 Å². The SMILES string of the molecule is CCN1C[C@]2(OC(=O)c3ccccc3NC(=O)/C=C/c3ccnc(C)c3)CC[C@H](OC)[C@]34C1[C@@H](C[C@H]23)[C@@]1(O)C[C@H](OC)[C@H]2C[C@@H]4[C@]1(O)[C@H]2OC. The molecule has 1 amide bonds. The largest absolute Gasteiger partial charge is 0.454 e. The van der Waals surface area contributed by atoms with Gasteiger partial charge < -0.3 is 34.5 Å². The molecule has 8 rings (SSSR count). The third-order valence-electron chi connectivity index (χ3n) is 13.9. The number of pyridine rings is 1. The number of hydrogen-bond acceptors (Lipinski definition) is 10. The van der Waals surface area contributed by atoms with Crippen LogP contribution in [0.4, 0.5) is 5.69 Å². The van der Waals surface area contributed by atoms with Gasteiger partial charge in [0.1, 0.15) is 16.8 Å². The third-order valence-corrected chi connectivity index (χ3v) is 13.9. The van der Waals surface area contributed by atoms with Crippen molar-refractivity contribution < 1.29 is 38.7 Å². The van der Waals surface area contributed by atoms with E-state index in [2.05, 4.69) is 22.1 Å². The Morgan fingerprint density at radius 2 is 1.88 bits per heavy atom. The summed E-state index contributed by atoms with van der Waals surface area (Å²) in [4.78, 5) is 34.1. The highest BCUT2D eigenvalue weighted by atomic mass is 16.6. The Morgan fingerprint density at radius 1 is 1.08 bits per heavy atom. The van der Waals surface area contributed by atoms with E-state index in [1.54, 1.807) is 57.9 Å². The van der Waals surface area contributed by atoms with Crippen LogP contribution in [0.5, 0.6) is 0 Å². The van der Waals surface area contributed by atoms with Crippen molar-refractivity contribution in [1.29, 1.82) is 0 Å². The van der Waals surface area contributed by atoms with Crippen molar-refractivity contribution in [3.8, 4) is 0 Å². The number of amides is 1. The van der Waals surface area contributed by atoms with Gasteiger partial charge in [0.2, 0.25) is 5.91 Å². The van der Waals surface area contributed by atoms with Crippen LogP contribution in [0.1, 0.15) is 60.6 Å². The molecule has 1 saturated heterocycles. The highest BCUT2D eigenvalue weighted by molar-refractivity contribution is 6.06. The number of aliphatic hydroxyl groups is 2. The summed E-state index contributed by atoms with van der Waals surface area (Å²) in [6, 6.07) is 10.6. The van der Waals surface area contributed by atoms with Crippen molar-refractivity contribution >= 4 is 23.6 Å². The van der Waals surface area contributed by atoms with Gasteiger partial charge in [-0.25, -0.2) is 4.79 Å². The minimum Gasteiger partial charge on any atom is -0.454 e. The lowest BCUT2D eigenvalue weighted by molar-refractivity contribution is -0.337. The van der Waals surface area contributed by atoms with Crippen LogP contribution in [0.25, 0.3) is 6.08 Å². The fourth-order valence-corrected chi connectivity index (χ4v) is 12.4. The molecule has 5 aliphatic carbocycles. The van der Waals surface area contributed by atoms with E-state index in [0.717, 1.165) is 11.3 Å². The van der Waals surface area contributed by atoms with Gasteiger partial charge in [-0.15, -0.1) is 0 Å². The predicted molar refractivity (Wildman–Crippen MR) is 184 cm³/mol. The first kappa shape index (κ1) is 33.9. The molecule has 50 heavy (non-hydrogen) atoms. The Kier molecular flexibility index (Phi) is 8.09. The normalized spacial score (nSPS) is 42.5. The molecule has 1 aliphatic heterocycles. The number of nitrogens with zero attached hydrogens (tertiary/aromatic N) is 2. The number of anilines is 1. The number of likely N-dealkylation sites (tertiary alicyclic amines) is 1. The summed E-state index contributed by atoms with van der Waals surface area (Å²) < 4.78 is 25.3. The number of hydrogen-bond donors (Lipinski definition) is 3. The van der Waals surface area contributed by atoms with Gasteiger partial charge in [0, 0.05) is 87.4 Å². The van der Waals surface area contributed by atoms with Crippen molar-refractivity contribution in [2.24, 2.45) is 29.1 Å². The van der Waals surface area contributed by atoms with Gasteiger partial charge in [0.05, 0.1) is 29.6 Å². The number of carbonyl (C=O) groups excluding carboxylic acids is 2. The van der Waals surface area contributed by atoms with Gasteiger partial charge in [-0.1, -0.05) is 19.1 Å². The van der Waals surface area contributed by atoms with Gasteiger partial charge in [0.25, 0.3) is 0 Å². The van der Waals surface area contributed by atoms with Crippen LogP contribution in [0.15, 0.2) is 48.7 Å². The molecular weight excluding hydrogens is 638 g/mol. The predicted octanol–water partition coefficient (Wildman–Crippen LogP) is 3.62. The molecule has 268 valence electrons. The number of esters is 1. The highest BCUT2D eigenvalue weighted by Crippen LogP contribution is 2.79. The lowest BCUT2D eigenvalue weighted by atomic mass is 9.44. The number of benzene rings is 1. The summed E-state index contributed by atoms with van der Waals surface area (Å²) in [6.07, 6.45) is 6.57. The van der Waals surface area contributed by atoms with Crippen molar-refractivity contribution in [3.63, 3.8) is 0 Å². The topological polar surface area (TPSA) is 140 Å². The first-order chi connectivity index (χ1) is 24.0. The van der Waals surface area contributed by atoms with E-state index in [0.29, 0.717) is 50.9 Å². The van der Waals surface area contributed by atoms with E-state index in [-0.39, 0.29) is 53.4 Å². The second kappa shape index (κ2) is 11.9. The molecule has 6 fully saturated rings. The third kappa shape index (κ3) is 4.34. The van der Waals surface area contributed by atoms with Crippen LogP contribution in [0.2, 0.25) is 0 Å². The number of ether oxygens (including phenoxy) is 4. The van der Waals surface area contributed by atoms with E-state index >= 15 is 0 Å². The van der Waals surface area contributed by atoms with E-state index < -0.39 is 34.3 Å². The molecule has 1 spiro atoms. The first-order valence-corrected chi connectivity index (χ1v) is 18.0. The number of methoxy groups -OCH3 is 3. The quantitative estimate of drug-likeness (QED) is 0.265. The molecule has 11 heteroatoms. The van der Waals surface area contributed by atoms with Crippen molar-refractivity contribution in [2.75, 3.05) is 39.7 Å². The molecular formula is C39H49N3O8. The molecule has 5 saturated carbocycles. The zero-order chi connectivity index (χ0) is 35.2. The van der Waals surface area contributed by atoms with Gasteiger partial charge in [-0.05, 0) is 75.1 Å². The number of nitrogens with one attached hydrogen (secondary N) is 1. The van der Waals surface area contributed by atoms with Crippen molar-refractivity contribution in [2.45, 2.75) is 87.1 Å². The highest BCUT2D eigenvalue weighted by Gasteiger charge is 2.89. The maximum Gasteiger partial charge on any atom is 0.340 e. The average molecular weight is 688 g/mol. The Hall–Kier alpha value is -3.19. The number of aromatic nitrogens is 1. The summed E-state index contributed by atoms with van der Waals surface area (Å²) in [5.41, 5.74) is -2.11. The zero-order valence-corrected chi connectivity index (χ0v) is 29.5. The van der Waals surface area contributed by atoms with E-state index in [4.69, 9.17) is 18.9 Å². The molecule has 1 aromatic heterocycles. The summed E-state index contributed by atoms with van der Waals surface area (Å²) in [7, 11) is 5.05. The Balaban J connectivity index is 1.16. The molecule has 7 bridgehead atoms. The van der Waals surface area contributed by atoms with Crippen LogP contribution in [0, 0.1) is 36.0 Å². The first-order valence-electron chi connectivity index (χ1n) is 18.0. The number of fused-ring (bicyclic) bond motifs is 2. The number of carbonyl (C=O) groups is 2. The maximum absolute atomic E-state index is 14.4. The van der Waals surface area contributed by atoms with Gasteiger partial charge >= 0.3 is 5.97 Å². The number of aryl methyl sites for hydroxylation is 1. The summed E-state index contributed by atoms with van der Waals surface area (Å²) in [6.45, 7) is 5.21. The smallest absolute Gasteiger partial charge is 0.340 e. The van der Waals surface area contributed by atoms with Crippen LogP contribution in [0.3, 0.4) is 0 Å². The fraction of sp³-hybridized carbons (Fsp3) is 0.615. The lowest BCUT2D eigenvalue weighted by Crippen LogP contribution is -2.83. The molecule has 1 aromatic carbocycles. The Bertz CT molecular complexity index is 1720. The van der Waals surface area contributed by atoms with E-state index in [1.807, 2.05) is 19.1 Å². The molecule has 2 heterocycles. The molecule has 2 aromatic rings. The molecule has 12 atom stereocenters. The van der Waals surface area contributed by atoms with Crippen LogP contribution in [-0.4, -0.2) is 108 Å². The Labute approximate surface area is 293 Å². The standard InChI is InChI=1S/C39H49N3O8/c1-6-42-21-36(50-35(44)24-9-7-8-10-27(24)41-32(43)12-11-23-14-16-40-22(2)17-23)15-13-31(48-4)38-29(36)19-26(33(38)42)37(45)20-28(47-3)25-18-30(38)39(37,46)34(25)49-5/h7-12,14,16-17,25-26,28-31,33-34,45-46H,6,13,15,18-21H2,1-5H3,(H,41,43)/b12-11+/t25-,26-,28+,29-,30+,31+,33?,34+,36-,37+,38+,39+/m1/s1. The number of likely N-dealkylation sites (N-methyl/N-ethyl adjacent to an activating group) is 1. The number of rotatable bonds is 9. The minimum atomic E-state index is -1.50. The summed E-state index contributed by atoms with van der Waals surface area (Å²) >= 11 is 0. The van der Waals surface area contributed by atoms with Crippen LogP contribution in [-0.2, 0) is 23.7 Å². The minimum absolute atomic E-state index is 0.0701. The van der Waals surface area contributed by atoms with E-state index in [1.165, 1.54) is 6.08 Å². The second-order valence-corrected chi connectivity index (χ2v) is 15.6. The van der Waals surface area contributed by atoms with Gasteiger partial charge in [-0.2, -0.15) is 0 Å². The number of piperidine rings is 1. The molecule has 6 aliphatic rings. The molecule has 0 radical (unpaired) electrons. The fourth-order valence-electron chi connectivity index (χ4n) is 12.4. The van der Waals surface area contributed by atoms with E-state index in [9.17, 15) is 19.8 Å². The molecule has 1 unspecified atom stereocenters. The maximum atomic E-state index is 14.4. The lowest BCUT2D eigenvalue weighted by Gasteiger charge is -2.70. The zero-order valence-electron chi connectivity index (χ0n) is 29.5. The Morgan fingerprint density at radius 3 is 2.60 bits per heavy atom. The summed E-state index contributed by atoms with van der Waals surface area (Å²) in [5, 5.41) is 28.8. The van der Waals surface area contributed by atoms with Gasteiger partial charge in [-0.3, -0.25) is 14.7 Å². The molecule has 3 N–H and O–H groups in total. The van der Waals surface area contributed by atoms with Crippen LogP contribution < -0.4 is 5.32 Å². The second-order valence-electron chi connectivity index (χ2n) is 15.6. The monoisotopic (exact) mass is 687 g/mol.